The average Bonchev–Trinajstić information content (AvgIpc) is 2.96. The summed E-state index contributed by atoms with van der Waals surface area (Å²) in [4.78, 5) is 11.9. The minimum Gasteiger partial charge on any atom is -0.466 e. The van der Waals surface area contributed by atoms with E-state index in [-0.39, 0.29) is 64.4 Å². The summed E-state index contributed by atoms with van der Waals surface area (Å²) in [6.07, 6.45) is 5.09. The molecule has 0 aromatic rings. The van der Waals surface area contributed by atoms with E-state index in [4.69, 9.17) is 52.7 Å². The predicted octanol–water partition coefficient (Wildman–Crippen LogP) is 9.22. The topological polar surface area (TPSA) is 134 Å². The first-order chi connectivity index (χ1) is 20.9. The van der Waals surface area contributed by atoms with Gasteiger partial charge in [-0.25, -0.2) is 9.13 Å². The zero-order valence-corrected chi connectivity index (χ0v) is 32.0. The molecule has 0 aromatic carbocycles. The molecule has 0 aliphatic rings. The van der Waals surface area contributed by atoms with Gasteiger partial charge in [0, 0.05) is 5.75 Å². The second-order valence-corrected chi connectivity index (χ2v) is 19.6. The highest BCUT2D eigenvalue weighted by Crippen LogP contribution is 2.63. The Kier molecular flexibility index (Phi) is 26.9. The number of hydrogen-bond acceptors (Lipinski definition) is 14. The molecule has 0 saturated carbocycles. The number of phosphoric ester groups is 2. The smallest absolute Gasteiger partial charge is 0.466 e. The molecular weight excluding hydrogens is 673 g/mol. The molecule has 0 fully saturated rings. The third kappa shape index (κ3) is 23.0. The van der Waals surface area contributed by atoms with Crippen LogP contribution < -0.4 is 0 Å². The van der Waals surface area contributed by atoms with Gasteiger partial charge in [-0.15, -0.1) is 0 Å². The highest BCUT2D eigenvalue weighted by Gasteiger charge is 2.33. The van der Waals surface area contributed by atoms with Crippen LogP contribution in [0.1, 0.15) is 106 Å². The summed E-state index contributed by atoms with van der Waals surface area (Å²) >= 11 is 7.01. The Morgan fingerprint density at radius 2 is 1.02 bits per heavy atom. The molecule has 0 radical (unpaired) electrons. The summed E-state index contributed by atoms with van der Waals surface area (Å²) in [5, 5.41) is 0. The number of unbranched alkanes of at least 4 members (excludes halogenated alkanes) is 4. The Hall–Kier alpha value is 0.610. The molecule has 0 heterocycles. The van der Waals surface area contributed by atoms with E-state index in [1.807, 2.05) is 27.7 Å². The van der Waals surface area contributed by atoms with Gasteiger partial charge in [-0.2, -0.15) is 0 Å². The van der Waals surface area contributed by atoms with Gasteiger partial charge in [-0.05, 0) is 58.3 Å². The fourth-order valence-corrected chi connectivity index (χ4v) is 11.0. The summed E-state index contributed by atoms with van der Waals surface area (Å²) in [6.45, 7) is 14.1. The van der Waals surface area contributed by atoms with Crippen LogP contribution >= 0.6 is 32.7 Å². The standard InChI is InChI=1S/C27H57O12P3S2/c1-8-13-18-32-40(29,33-19-14-9-2)36-23-25(6)38-42(43,44-22-17-27(28)31-12-5)39-26(7)24-37-41(30,34-20-15-10-3)35-21-16-11-4/h25-26H,8-24H2,1-7H3. The van der Waals surface area contributed by atoms with Gasteiger partial charge < -0.3 is 13.8 Å². The normalized spacial score (nSPS) is 15.2. The zero-order chi connectivity index (χ0) is 33.3. The Morgan fingerprint density at radius 1 is 0.659 bits per heavy atom. The minimum atomic E-state index is -3.81. The van der Waals surface area contributed by atoms with Crippen molar-refractivity contribution in [3.8, 4) is 0 Å². The second-order valence-electron chi connectivity index (χ2n) is 9.90. The van der Waals surface area contributed by atoms with Crippen LogP contribution in [0, 0.1) is 0 Å². The highest BCUT2D eigenvalue weighted by atomic mass is 32.9. The molecule has 0 rings (SSSR count). The maximum absolute atomic E-state index is 13.2. The highest BCUT2D eigenvalue weighted by molar-refractivity contribution is 8.67. The van der Waals surface area contributed by atoms with Crippen molar-refractivity contribution in [3.05, 3.63) is 0 Å². The first-order valence-corrected chi connectivity index (χ1v) is 22.9. The molecule has 12 nitrogen and oxygen atoms in total. The number of rotatable bonds is 31. The van der Waals surface area contributed by atoms with Crippen molar-refractivity contribution >= 4 is 50.5 Å². The molecule has 2 unspecified atom stereocenters. The molecule has 0 amide bonds. The van der Waals surface area contributed by atoms with Crippen LogP contribution in [0.15, 0.2) is 0 Å². The number of esters is 1. The van der Waals surface area contributed by atoms with Crippen LogP contribution in [0.3, 0.4) is 0 Å². The minimum absolute atomic E-state index is 0.108. The van der Waals surface area contributed by atoms with Gasteiger partial charge in [-0.1, -0.05) is 64.8 Å². The lowest BCUT2D eigenvalue weighted by Gasteiger charge is -2.29. The zero-order valence-electron chi connectivity index (χ0n) is 27.7. The maximum Gasteiger partial charge on any atom is 0.474 e. The van der Waals surface area contributed by atoms with Crippen LogP contribution in [0.2, 0.25) is 0 Å². The van der Waals surface area contributed by atoms with Crippen molar-refractivity contribution in [3.63, 3.8) is 0 Å². The molecule has 0 aliphatic carbocycles. The number of hydrogen-bond donors (Lipinski definition) is 0. The second kappa shape index (κ2) is 26.6. The van der Waals surface area contributed by atoms with Gasteiger partial charge in [-0.3, -0.25) is 31.9 Å². The quantitative estimate of drug-likeness (QED) is 0.0381. The van der Waals surface area contributed by atoms with E-state index in [9.17, 15) is 13.9 Å². The molecule has 0 saturated heterocycles. The van der Waals surface area contributed by atoms with Crippen molar-refractivity contribution < 1.29 is 54.9 Å². The van der Waals surface area contributed by atoms with Crippen molar-refractivity contribution in [1.82, 2.24) is 0 Å². The monoisotopic (exact) mass is 730 g/mol. The molecule has 0 aliphatic heterocycles. The maximum atomic E-state index is 13.2. The number of carbonyl (C=O) groups excluding carboxylic acids is 1. The molecule has 2 atom stereocenters. The van der Waals surface area contributed by atoms with Crippen LogP contribution in [0.25, 0.3) is 0 Å². The van der Waals surface area contributed by atoms with Gasteiger partial charge >= 0.3 is 21.6 Å². The molecular formula is C27H57O12P3S2. The van der Waals surface area contributed by atoms with Gasteiger partial charge in [0.1, 0.15) is 0 Å². The van der Waals surface area contributed by atoms with E-state index in [0.717, 1.165) is 25.7 Å². The molecule has 17 heteroatoms. The summed E-state index contributed by atoms with van der Waals surface area (Å²) in [5.41, 5.74) is -3.14. The van der Waals surface area contributed by atoms with E-state index in [1.54, 1.807) is 20.8 Å². The van der Waals surface area contributed by atoms with Crippen molar-refractivity contribution in [2.24, 2.45) is 0 Å². The molecule has 0 aromatic heterocycles. The van der Waals surface area contributed by atoms with Gasteiger partial charge in [0.2, 0.25) is 5.69 Å². The van der Waals surface area contributed by atoms with Gasteiger partial charge in [0.05, 0.1) is 64.9 Å². The first kappa shape index (κ1) is 44.6. The summed E-state index contributed by atoms with van der Waals surface area (Å²) in [5.74, 6) is -0.0764. The van der Waals surface area contributed by atoms with Crippen molar-refractivity contribution in [1.29, 1.82) is 0 Å². The summed E-state index contributed by atoms with van der Waals surface area (Å²) in [7, 11) is -7.62. The largest absolute Gasteiger partial charge is 0.474 e. The number of carbonyl (C=O) groups is 1. The van der Waals surface area contributed by atoms with E-state index in [1.165, 1.54) is 11.4 Å². The Labute approximate surface area is 275 Å². The summed E-state index contributed by atoms with van der Waals surface area (Å²) < 4.78 is 76.9. The third-order valence-electron chi connectivity index (χ3n) is 5.40. The third-order valence-corrected chi connectivity index (χ3v) is 13.7. The van der Waals surface area contributed by atoms with Crippen molar-refractivity contribution in [2.45, 2.75) is 118 Å². The molecule has 0 bridgehead atoms. The van der Waals surface area contributed by atoms with E-state index in [2.05, 4.69) is 0 Å². The lowest BCUT2D eigenvalue weighted by Crippen LogP contribution is -2.19. The Bertz CT molecular complexity index is 801. The van der Waals surface area contributed by atoms with Crippen LogP contribution in [-0.2, 0) is 66.7 Å². The van der Waals surface area contributed by atoms with Gasteiger partial charge in [0.15, 0.2) is 0 Å². The molecule has 44 heavy (non-hydrogen) atoms. The summed E-state index contributed by atoms with van der Waals surface area (Å²) in [6, 6.07) is 0. The van der Waals surface area contributed by atoms with Crippen LogP contribution in [-0.4, -0.2) is 70.2 Å². The van der Waals surface area contributed by atoms with E-state index < -0.39 is 33.5 Å². The lowest BCUT2D eigenvalue weighted by molar-refractivity contribution is -0.142. The van der Waals surface area contributed by atoms with Crippen molar-refractivity contribution in [2.75, 3.05) is 52.0 Å². The number of phosphoric acid groups is 2. The average molecular weight is 731 g/mol. The predicted molar refractivity (Wildman–Crippen MR) is 180 cm³/mol. The van der Waals surface area contributed by atoms with Crippen LogP contribution in [0.5, 0.6) is 0 Å². The SMILES string of the molecule is CCCCOP(=O)(OCCCC)OCC(C)OP(=S)(OC(C)COP(=O)(OCCCC)OCCCC)SCCC(=O)OCC. The fourth-order valence-electron chi connectivity index (χ4n) is 2.96. The van der Waals surface area contributed by atoms with Gasteiger partial charge in [0.25, 0.3) is 0 Å². The Morgan fingerprint density at radius 3 is 1.34 bits per heavy atom. The molecule has 0 spiro atoms. The first-order valence-electron chi connectivity index (χ1n) is 15.7. The fraction of sp³-hybridized carbons (Fsp3) is 0.963. The molecule has 0 N–H and O–H groups in total. The van der Waals surface area contributed by atoms with Crippen LogP contribution in [0.4, 0.5) is 0 Å². The number of ether oxygens (including phenoxy) is 1. The lowest BCUT2D eigenvalue weighted by atomic mass is 10.4. The molecule has 264 valence electrons. The van der Waals surface area contributed by atoms with E-state index in [0.29, 0.717) is 25.7 Å². The Balaban J connectivity index is 5.49. The van der Waals surface area contributed by atoms with E-state index >= 15 is 0 Å².